The van der Waals surface area contributed by atoms with Gasteiger partial charge in [0.05, 0.1) is 6.20 Å². The van der Waals surface area contributed by atoms with Gasteiger partial charge >= 0.3 is 0 Å². The molecule has 2 heterocycles. The van der Waals surface area contributed by atoms with Gasteiger partial charge in [0.25, 0.3) is 0 Å². The van der Waals surface area contributed by atoms with E-state index in [4.69, 9.17) is 0 Å². The van der Waals surface area contributed by atoms with Crippen LogP contribution >= 0.6 is 0 Å². The fourth-order valence-corrected chi connectivity index (χ4v) is 1.57. The van der Waals surface area contributed by atoms with Crippen molar-refractivity contribution >= 4 is 17.3 Å². The second-order valence-electron chi connectivity index (χ2n) is 3.96. The molecule has 0 aliphatic heterocycles. The number of hydrogen-bond acceptors (Lipinski definition) is 4. The van der Waals surface area contributed by atoms with E-state index < -0.39 is 0 Å². The zero-order valence-electron chi connectivity index (χ0n) is 9.86. The molecular weight excluding hydrogens is 202 g/mol. The van der Waals surface area contributed by atoms with Crippen LogP contribution in [0.2, 0.25) is 0 Å². The van der Waals surface area contributed by atoms with Crippen LogP contribution in [0.4, 0.5) is 11.6 Å². The second kappa shape index (κ2) is 4.38. The summed E-state index contributed by atoms with van der Waals surface area (Å²) in [6.45, 7) is 7.08. The van der Waals surface area contributed by atoms with Crippen molar-refractivity contribution in [2.24, 2.45) is 0 Å². The summed E-state index contributed by atoms with van der Waals surface area (Å²) in [5, 5.41) is 6.50. The molecule has 5 nitrogen and oxygen atoms in total. The van der Waals surface area contributed by atoms with Gasteiger partial charge in [0.15, 0.2) is 11.5 Å². The van der Waals surface area contributed by atoms with Crippen molar-refractivity contribution in [2.45, 2.75) is 26.8 Å². The molecule has 0 fully saturated rings. The Balaban J connectivity index is 2.46. The van der Waals surface area contributed by atoms with Crippen LogP contribution < -0.4 is 10.6 Å². The van der Waals surface area contributed by atoms with Crippen LogP contribution in [0, 0.1) is 0 Å². The molecule has 0 atom stereocenters. The number of fused-ring (bicyclic) bond motifs is 1. The van der Waals surface area contributed by atoms with E-state index in [-0.39, 0.29) is 0 Å². The molecule has 0 aliphatic rings. The monoisotopic (exact) mass is 219 g/mol. The van der Waals surface area contributed by atoms with Gasteiger partial charge < -0.3 is 15.0 Å². The highest BCUT2D eigenvalue weighted by Crippen LogP contribution is 2.16. The molecule has 0 spiro atoms. The van der Waals surface area contributed by atoms with E-state index in [1.807, 2.05) is 16.8 Å². The molecule has 0 saturated carbocycles. The first-order chi connectivity index (χ1) is 7.70. The highest BCUT2D eigenvalue weighted by Gasteiger charge is 2.07. The molecule has 2 aromatic heterocycles. The molecule has 0 radical (unpaired) electrons. The minimum absolute atomic E-state index is 0.338. The van der Waals surface area contributed by atoms with Crippen molar-refractivity contribution in [3.63, 3.8) is 0 Å². The molecular formula is C11H17N5. The summed E-state index contributed by atoms with van der Waals surface area (Å²) in [6, 6.07) is 0.338. The van der Waals surface area contributed by atoms with E-state index in [0.717, 1.165) is 23.8 Å². The first-order valence-electron chi connectivity index (χ1n) is 5.55. The first-order valence-corrected chi connectivity index (χ1v) is 5.55. The summed E-state index contributed by atoms with van der Waals surface area (Å²) in [5.74, 6) is 1.68. The summed E-state index contributed by atoms with van der Waals surface area (Å²) in [7, 11) is 0. The van der Waals surface area contributed by atoms with Crippen LogP contribution in [0.1, 0.15) is 20.8 Å². The van der Waals surface area contributed by atoms with Crippen molar-refractivity contribution in [2.75, 3.05) is 17.2 Å². The maximum absolute atomic E-state index is 4.50. The number of rotatable bonds is 4. The molecule has 2 aromatic rings. The molecule has 0 amide bonds. The fraction of sp³-hybridized carbons (Fsp3) is 0.455. The van der Waals surface area contributed by atoms with E-state index in [0.29, 0.717) is 6.04 Å². The topological polar surface area (TPSA) is 54.2 Å². The molecule has 16 heavy (non-hydrogen) atoms. The second-order valence-corrected chi connectivity index (χ2v) is 3.96. The maximum atomic E-state index is 4.50. The van der Waals surface area contributed by atoms with Crippen LogP contribution in [-0.2, 0) is 0 Å². The van der Waals surface area contributed by atoms with Gasteiger partial charge in [-0.05, 0) is 20.8 Å². The Morgan fingerprint density at radius 2 is 2.25 bits per heavy atom. The van der Waals surface area contributed by atoms with Crippen LogP contribution in [0.3, 0.4) is 0 Å². The van der Waals surface area contributed by atoms with Crippen molar-refractivity contribution in [3.05, 3.63) is 18.6 Å². The van der Waals surface area contributed by atoms with Gasteiger partial charge in [0.1, 0.15) is 5.82 Å². The van der Waals surface area contributed by atoms with Gasteiger partial charge in [-0.25, -0.2) is 9.97 Å². The molecule has 86 valence electrons. The highest BCUT2D eigenvalue weighted by atomic mass is 15.1. The summed E-state index contributed by atoms with van der Waals surface area (Å²) in [6.07, 6.45) is 5.64. The SMILES string of the molecule is CCNc1cn2ccnc2c(NC(C)C)n1. The lowest BCUT2D eigenvalue weighted by Crippen LogP contribution is -2.13. The number of nitrogens with zero attached hydrogens (tertiary/aromatic N) is 3. The van der Waals surface area contributed by atoms with Crippen LogP contribution in [-0.4, -0.2) is 27.0 Å². The Kier molecular flexibility index (Phi) is 2.94. The zero-order valence-corrected chi connectivity index (χ0v) is 9.86. The number of hydrogen-bond donors (Lipinski definition) is 2. The van der Waals surface area contributed by atoms with Crippen molar-refractivity contribution in [1.29, 1.82) is 0 Å². The van der Waals surface area contributed by atoms with Crippen molar-refractivity contribution < 1.29 is 0 Å². The van der Waals surface area contributed by atoms with E-state index in [1.54, 1.807) is 6.20 Å². The summed E-state index contributed by atoms with van der Waals surface area (Å²) >= 11 is 0. The van der Waals surface area contributed by atoms with Gasteiger partial charge in [0, 0.05) is 25.0 Å². The Morgan fingerprint density at radius 1 is 1.44 bits per heavy atom. The van der Waals surface area contributed by atoms with Gasteiger partial charge in [-0.3, -0.25) is 0 Å². The molecule has 0 aromatic carbocycles. The van der Waals surface area contributed by atoms with E-state index >= 15 is 0 Å². The number of nitrogens with one attached hydrogen (secondary N) is 2. The average molecular weight is 219 g/mol. The molecule has 5 heteroatoms. The molecule has 0 bridgehead atoms. The number of anilines is 2. The Bertz CT molecular complexity index is 474. The lowest BCUT2D eigenvalue weighted by atomic mass is 10.4. The zero-order chi connectivity index (χ0) is 11.5. The predicted molar refractivity (Wildman–Crippen MR) is 65.9 cm³/mol. The quantitative estimate of drug-likeness (QED) is 0.825. The Hall–Kier alpha value is -1.78. The third kappa shape index (κ3) is 2.08. The molecule has 0 saturated heterocycles. The lowest BCUT2D eigenvalue weighted by molar-refractivity contribution is 0.886. The lowest BCUT2D eigenvalue weighted by Gasteiger charge is -2.12. The summed E-state index contributed by atoms with van der Waals surface area (Å²) in [4.78, 5) is 8.78. The predicted octanol–water partition coefficient (Wildman–Crippen LogP) is 1.98. The average Bonchev–Trinajstić information content (AvgIpc) is 2.65. The van der Waals surface area contributed by atoms with Gasteiger partial charge in [-0.2, -0.15) is 0 Å². The third-order valence-corrected chi connectivity index (χ3v) is 2.16. The van der Waals surface area contributed by atoms with Crippen LogP contribution in [0.15, 0.2) is 18.6 Å². The Labute approximate surface area is 94.9 Å². The van der Waals surface area contributed by atoms with Gasteiger partial charge in [-0.1, -0.05) is 0 Å². The fourth-order valence-electron chi connectivity index (χ4n) is 1.57. The van der Waals surface area contributed by atoms with Crippen LogP contribution in [0.5, 0.6) is 0 Å². The number of imidazole rings is 1. The molecule has 2 N–H and O–H groups in total. The number of aromatic nitrogens is 3. The minimum atomic E-state index is 0.338. The largest absolute Gasteiger partial charge is 0.369 e. The summed E-state index contributed by atoms with van der Waals surface area (Å²) in [5.41, 5.74) is 0.857. The van der Waals surface area contributed by atoms with E-state index in [2.05, 4.69) is 41.4 Å². The van der Waals surface area contributed by atoms with Gasteiger partial charge in [-0.15, -0.1) is 0 Å². The smallest absolute Gasteiger partial charge is 0.180 e. The Morgan fingerprint density at radius 3 is 2.94 bits per heavy atom. The van der Waals surface area contributed by atoms with E-state index in [1.165, 1.54) is 0 Å². The van der Waals surface area contributed by atoms with E-state index in [9.17, 15) is 0 Å². The molecule has 0 unspecified atom stereocenters. The first kappa shape index (κ1) is 10.7. The van der Waals surface area contributed by atoms with Gasteiger partial charge in [0.2, 0.25) is 0 Å². The highest BCUT2D eigenvalue weighted by molar-refractivity contribution is 5.65. The maximum Gasteiger partial charge on any atom is 0.180 e. The van der Waals surface area contributed by atoms with Crippen molar-refractivity contribution in [1.82, 2.24) is 14.4 Å². The third-order valence-electron chi connectivity index (χ3n) is 2.16. The normalized spacial score (nSPS) is 11.0. The van der Waals surface area contributed by atoms with Crippen molar-refractivity contribution in [3.8, 4) is 0 Å². The molecule has 0 aliphatic carbocycles. The standard InChI is InChI=1S/C11H17N5/c1-4-12-9-7-16-6-5-13-11(16)10(15-9)14-8(2)3/h5-8,12H,4H2,1-3H3,(H,14,15). The van der Waals surface area contributed by atoms with Crippen LogP contribution in [0.25, 0.3) is 5.65 Å². The minimum Gasteiger partial charge on any atom is -0.369 e. The summed E-state index contributed by atoms with van der Waals surface area (Å²) < 4.78 is 1.97. The molecule has 2 rings (SSSR count).